The number of nitrogen functional groups attached to an aromatic ring is 1. The Balaban J connectivity index is 1.96. The van der Waals surface area contributed by atoms with Crippen molar-refractivity contribution in [1.82, 2.24) is 14.5 Å². The molecule has 3 N–H and O–H groups in total. The molecule has 0 unspecified atom stereocenters. The lowest BCUT2D eigenvalue weighted by Crippen LogP contribution is -2.51. The number of benzene rings is 1. The van der Waals surface area contributed by atoms with Crippen molar-refractivity contribution in [3.05, 3.63) is 56.7 Å². The van der Waals surface area contributed by atoms with Gasteiger partial charge in [0.15, 0.2) is 5.69 Å². The van der Waals surface area contributed by atoms with Gasteiger partial charge in [0.2, 0.25) is 5.91 Å². The molecule has 9 nitrogen and oxygen atoms in total. The molecular formula is C23H33N5O4. The fourth-order valence-corrected chi connectivity index (χ4v) is 4.13. The lowest BCUT2D eigenvalue weighted by molar-refractivity contribution is -0.123. The maximum Gasteiger partial charge on any atom is 0.330 e. The summed E-state index contributed by atoms with van der Waals surface area (Å²) in [6.07, 6.45) is 0.0395. The van der Waals surface area contributed by atoms with Gasteiger partial charge in [-0.2, -0.15) is 0 Å². The third kappa shape index (κ3) is 5.66. The highest BCUT2D eigenvalue weighted by Crippen LogP contribution is 2.20. The number of hydrogen-bond acceptors (Lipinski definition) is 6. The van der Waals surface area contributed by atoms with E-state index in [-0.39, 0.29) is 48.6 Å². The molecular weight excluding hydrogens is 410 g/mol. The minimum atomic E-state index is -0.658. The van der Waals surface area contributed by atoms with E-state index < -0.39 is 11.2 Å². The Morgan fingerprint density at radius 2 is 1.81 bits per heavy atom. The van der Waals surface area contributed by atoms with Crippen molar-refractivity contribution in [2.75, 3.05) is 36.8 Å². The van der Waals surface area contributed by atoms with Gasteiger partial charge in [-0.15, -0.1) is 0 Å². The second-order valence-electron chi connectivity index (χ2n) is 8.91. The summed E-state index contributed by atoms with van der Waals surface area (Å²) in [6, 6.07) is 9.34. The first-order valence-electron chi connectivity index (χ1n) is 11.0. The third-order valence-corrected chi connectivity index (χ3v) is 5.37. The number of carbonyl (C=O) groups excluding carboxylic acids is 1. The number of anilines is 2. The lowest BCUT2D eigenvalue weighted by atomic mass is 10.1. The molecule has 174 valence electrons. The topological polar surface area (TPSA) is 114 Å². The molecule has 1 aromatic carbocycles. The highest BCUT2D eigenvalue weighted by Gasteiger charge is 2.29. The van der Waals surface area contributed by atoms with Crippen molar-refractivity contribution >= 4 is 17.4 Å². The number of nitrogens with two attached hydrogens (primary N) is 1. The zero-order chi connectivity index (χ0) is 23.4. The van der Waals surface area contributed by atoms with Crippen LogP contribution in [0.3, 0.4) is 0 Å². The van der Waals surface area contributed by atoms with Crippen molar-refractivity contribution in [3.8, 4) is 0 Å². The zero-order valence-electron chi connectivity index (χ0n) is 19.2. The zero-order valence-corrected chi connectivity index (χ0v) is 19.2. The summed E-state index contributed by atoms with van der Waals surface area (Å²) < 4.78 is 7.05. The van der Waals surface area contributed by atoms with Crippen molar-refractivity contribution in [2.45, 2.75) is 46.4 Å². The van der Waals surface area contributed by atoms with Gasteiger partial charge >= 0.3 is 5.69 Å². The maximum absolute atomic E-state index is 13.4. The number of aromatic amines is 1. The van der Waals surface area contributed by atoms with Crippen LogP contribution in [0.4, 0.5) is 11.5 Å². The molecule has 1 saturated heterocycles. The van der Waals surface area contributed by atoms with Crippen LogP contribution in [-0.2, 0) is 16.1 Å². The fraction of sp³-hybridized carbons (Fsp3) is 0.522. The van der Waals surface area contributed by atoms with Crippen LogP contribution < -0.4 is 21.9 Å². The summed E-state index contributed by atoms with van der Waals surface area (Å²) in [7, 11) is 0. The van der Waals surface area contributed by atoms with Gasteiger partial charge < -0.3 is 15.4 Å². The van der Waals surface area contributed by atoms with E-state index >= 15 is 0 Å². The molecule has 0 saturated carbocycles. The van der Waals surface area contributed by atoms with Gasteiger partial charge in [-0.1, -0.05) is 44.2 Å². The fourth-order valence-electron chi connectivity index (χ4n) is 4.13. The number of hydrogen-bond donors (Lipinski definition) is 2. The van der Waals surface area contributed by atoms with Gasteiger partial charge in [0, 0.05) is 19.6 Å². The van der Waals surface area contributed by atoms with E-state index in [9.17, 15) is 14.4 Å². The summed E-state index contributed by atoms with van der Waals surface area (Å²) in [5.74, 6) is -0.155. The van der Waals surface area contributed by atoms with Gasteiger partial charge in [-0.3, -0.25) is 24.0 Å². The third-order valence-electron chi connectivity index (χ3n) is 5.37. The number of rotatable bonds is 7. The van der Waals surface area contributed by atoms with Gasteiger partial charge in [-0.05, 0) is 25.3 Å². The van der Waals surface area contributed by atoms with Crippen LogP contribution >= 0.6 is 0 Å². The highest BCUT2D eigenvalue weighted by molar-refractivity contribution is 5.96. The second kappa shape index (κ2) is 10.1. The average Bonchev–Trinajstić information content (AvgIpc) is 2.70. The first-order chi connectivity index (χ1) is 15.2. The number of carbonyl (C=O) groups is 1. The number of aromatic nitrogens is 2. The lowest BCUT2D eigenvalue weighted by Gasteiger charge is -2.36. The summed E-state index contributed by atoms with van der Waals surface area (Å²) in [4.78, 5) is 44.5. The molecule has 2 atom stereocenters. The first kappa shape index (κ1) is 23.7. The molecule has 2 heterocycles. The number of amides is 1. The molecule has 3 rings (SSSR count). The van der Waals surface area contributed by atoms with Gasteiger partial charge in [0.25, 0.3) is 5.56 Å². The maximum atomic E-state index is 13.4. The predicted molar refractivity (Wildman–Crippen MR) is 125 cm³/mol. The van der Waals surface area contributed by atoms with Crippen LogP contribution in [0.15, 0.2) is 39.9 Å². The van der Waals surface area contributed by atoms with Gasteiger partial charge in [-0.25, -0.2) is 4.79 Å². The van der Waals surface area contributed by atoms with E-state index in [2.05, 4.69) is 4.98 Å². The standard InChI is InChI=1S/C23H33N5O4/c1-15(2)10-27(19(29)14-26-11-16(3)32-17(4)12-26)20-21(24)28(23(31)25-22(20)30)13-18-8-6-5-7-9-18/h5-9,15-17H,10-14,24H2,1-4H3,(H,25,30,31)/t16-,17-/m0/s1. The SMILES string of the molecule is CC(C)CN(C(=O)CN1C[C@H](C)O[C@@H](C)C1)c1c(N)n(Cc2ccccc2)c(=O)[nH]c1=O. The van der Waals surface area contributed by atoms with E-state index in [1.807, 2.05) is 62.9 Å². The summed E-state index contributed by atoms with van der Waals surface area (Å²) in [5.41, 5.74) is 5.96. The van der Waals surface area contributed by atoms with Crippen molar-refractivity contribution in [3.63, 3.8) is 0 Å². The molecule has 2 aromatic rings. The minimum Gasteiger partial charge on any atom is -0.383 e. The molecule has 0 bridgehead atoms. The number of ether oxygens (including phenoxy) is 1. The van der Waals surface area contributed by atoms with Gasteiger partial charge in [0.05, 0.1) is 25.3 Å². The first-order valence-corrected chi connectivity index (χ1v) is 11.0. The monoisotopic (exact) mass is 443 g/mol. The number of nitrogens with one attached hydrogen (secondary N) is 1. The van der Waals surface area contributed by atoms with Crippen LogP contribution in [0, 0.1) is 5.92 Å². The van der Waals surface area contributed by atoms with Crippen LogP contribution in [-0.4, -0.2) is 58.7 Å². The molecule has 0 spiro atoms. The molecule has 32 heavy (non-hydrogen) atoms. The minimum absolute atomic E-state index is 0.0136. The van der Waals surface area contributed by atoms with Crippen molar-refractivity contribution in [1.29, 1.82) is 0 Å². The largest absolute Gasteiger partial charge is 0.383 e. The van der Waals surface area contributed by atoms with Crippen LogP contribution in [0.1, 0.15) is 33.3 Å². The van der Waals surface area contributed by atoms with E-state index in [4.69, 9.17) is 10.5 Å². The molecule has 0 aliphatic carbocycles. The predicted octanol–water partition coefficient (Wildman–Crippen LogP) is 1.27. The van der Waals surface area contributed by atoms with Gasteiger partial charge in [0.1, 0.15) is 5.82 Å². The molecule has 1 aromatic heterocycles. The quantitative estimate of drug-likeness (QED) is 0.666. The van der Waals surface area contributed by atoms with E-state index in [1.54, 1.807) is 0 Å². The Labute approximate surface area is 187 Å². The second-order valence-corrected chi connectivity index (χ2v) is 8.91. The molecule has 1 aliphatic rings. The molecule has 1 fully saturated rings. The molecule has 1 aliphatic heterocycles. The van der Waals surface area contributed by atoms with E-state index in [0.29, 0.717) is 19.6 Å². The number of nitrogens with zero attached hydrogens (tertiary/aromatic N) is 3. The van der Waals surface area contributed by atoms with Crippen molar-refractivity contribution < 1.29 is 9.53 Å². The Morgan fingerprint density at radius 1 is 1.19 bits per heavy atom. The Bertz CT molecular complexity index is 1040. The average molecular weight is 444 g/mol. The molecule has 9 heteroatoms. The van der Waals surface area contributed by atoms with Crippen LogP contribution in [0.2, 0.25) is 0 Å². The summed E-state index contributed by atoms with van der Waals surface area (Å²) in [5, 5.41) is 0. The Kier molecular flexibility index (Phi) is 7.52. The molecule has 1 amide bonds. The summed E-state index contributed by atoms with van der Waals surface area (Å²) >= 11 is 0. The van der Waals surface area contributed by atoms with Crippen LogP contribution in [0.25, 0.3) is 0 Å². The van der Waals surface area contributed by atoms with E-state index in [1.165, 1.54) is 9.47 Å². The molecule has 0 radical (unpaired) electrons. The van der Waals surface area contributed by atoms with Crippen molar-refractivity contribution in [2.24, 2.45) is 5.92 Å². The Hall–Kier alpha value is -2.91. The normalized spacial score (nSPS) is 19.3. The highest BCUT2D eigenvalue weighted by atomic mass is 16.5. The van der Waals surface area contributed by atoms with E-state index in [0.717, 1.165) is 5.56 Å². The Morgan fingerprint density at radius 3 is 2.41 bits per heavy atom. The number of morpholine rings is 1. The smallest absolute Gasteiger partial charge is 0.330 e. The summed E-state index contributed by atoms with van der Waals surface area (Å²) in [6.45, 7) is 9.77. The number of H-pyrrole nitrogens is 1. The van der Waals surface area contributed by atoms with Crippen LogP contribution in [0.5, 0.6) is 0 Å².